The summed E-state index contributed by atoms with van der Waals surface area (Å²) in [6.45, 7) is 6.88. The van der Waals surface area contributed by atoms with Gasteiger partial charge >= 0.3 is 0 Å². The van der Waals surface area contributed by atoms with E-state index in [9.17, 15) is 8.78 Å². The quantitative estimate of drug-likeness (QED) is 0.684. The molecule has 0 aromatic rings. The minimum Gasteiger partial charge on any atom is -0.301 e. The fourth-order valence-electron chi connectivity index (χ4n) is 2.08. The molecular formula is C11H21F2N. The molecule has 1 aliphatic rings. The highest BCUT2D eigenvalue weighted by molar-refractivity contribution is 4.90. The van der Waals surface area contributed by atoms with E-state index in [-0.39, 0.29) is 5.92 Å². The zero-order chi connectivity index (χ0) is 10.8. The number of halogens is 2. The summed E-state index contributed by atoms with van der Waals surface area (Å²) >= 11 is 0. The Kier molecular flexibility index (Phi) is 3.87. The van der Waals surface area contributed by atoms with E-state index in [0.717, 1.165) is 13.0 Å². The van der Waals surface area contributed by atoms with Crippen LogP contribution in [0.1, 0.15) is 27.2 Å². The lowest BCUT2D eigenvalue weighted by Gasteiger charge is -2.44. The fraction of sp³-hybridized carbons (Fsp3) is 1.00. The molecule has 0 aliphatic carbocycles. The topological polar surface area (TPSA) is 3.24 Å². The van der Waals surface area contributed by atoms with Gasteiger partial charge < -0.3 is 4.90 Å². The lowest BCUT2D eigenvalue weighted by molar-refractivity contribution is 0.00153. The van der Waals surface area contributed by atoms with Crippen molar-refractivity contribution in [2.45, 2.75) is 33.2 Å². The summed E-state index contributed by atoms with van der Waals surface area (Å²) in [5.74, 6) is -0.136. The average Bonchev–Trinajstić information content (AvgIpc) is 2.18. The van der Waals surface area contributed by atoms with E-state index in [1.165, 1.54) is 0 Å². The molecule has 1 saturated heterocycles. The van der Waals surface area contributed by atoms with Gasteiger partial charge in [0.15, 0.2) is 0 Å². The first-order chi connectivity index (χ1) is 6.53. The van der Waals surface area contributed by atoms with Gasteiger partial charge in [-0.1, -0.05) is 6.92 Å². The largest absolute Gasteiger partial charge is 0.301 e. The Morgan fingerprint density at radius 2 is 2.07 bits per heavy atom. The van der Waals surface area contributed by atoms with E-state index in [4.69, 9.17) is 0 Å². The van der Waals surface area contributed by atoms with E-state index in [1.807, 2.05) is 6.92 Å². The van der Waals surface area contributed by atoms with Crippen molar-refractivity contribution in [3.05, 3.63) is 0 Å². The molecule has 2 atom stereocenters. The molecule has 84 valence electrons. The van der Waals surface area contributed by atoms with Crippen LogP contribution in [0.3, 0.4) is 0 Å². The molecule has 1 rings (SSSR count). The summed E-state index contributed by atoms with van der Waals surface area (Å²) in [5, 5.41) is 0. The SMILES string of the molecule is CC(C)N1CCC(C)(CF)C(CF)C1. The lowest BCUT2D eigenvalue weighted by atomic mass is 9.73. The molecule has 2 unspecified atom stereocenters. The van der Waals surface area contributed by atoms with E-state index in [2.05, 4.69) is 18.7 Å². The van der Waals surface area contributed by atoms with Gasteiger partial charge in [0.1, 0.15) is 0 Å². The molecule has 0 aromatic heterocycles. The molecule has 0 amide bonds. The maximum absolute atomic E-state index is 12.8. The van der Waals surface area contributed by atoms with Crippen LogP contribution in [-0.2, 0) is 0 Å². The van der Waals surface area contributed by atoms with Gasteiger partial charge in [-0.2, -0.15) is 0 Å². The van der Waals surface area contributed by atoms with Crippen LogP contribution < -0.4 is 0 Å². The second-order valence-electron chi connectivity index (χ2n) is 4.98. The van der Waals surface area contributed by atoms with Gasteiger partial charge in [0.25, 0.3) is 0 Å². The maximum Gasteiger partial charge on any atom is 0.0952 e. The fourth-order valence-corrected chi connectivity index (χ4v) is 2.08. The highest BCUT2D eigenvalue weighted by atomic mass is 19.1. The van der Waals surface area contributed by atoms with Crippen molar-refractivity contribution in [2.24, 2.45) is 11.3 Å². The molecule has 1 aliphatic heterocycles. The normalized spacial score (nSPS) is 35.1. The highest BCUT2D eigenvalue weighted by Gasteiger charge is 2.39. The monoisotopic (exact) mass is 205 g/mol. The molecule has 0 spiro atoms. The minimum absolute atomic E-state index is 0.136. The molecule has 0 N–H and O–H groups in total. The summed E-state index contributed by atoms with van der Waals surface area (Å²) in [4.78, 5) is 2.24. The van der Waals surface area contributed by atoms with Crippen molar-refractivity contribution < 1.29 is 8.78 Å². The third-order valence-electron chi connectivity index (χ3n) is 3.63. The van der Waals surface area contributed by atoms with Gasteiger partial charge in [-0.05, 0) is 26.8 Å². The minimum atomic E-state index is -0.430. The van der Waals surface area contributed by atoms with Crippen molar-refractivity contribution in [1.82, 2.24) is 4.90 Å². The third-order valence-corrected chi connectivity index (χ3v) is 3.63. The molecule has 1 nitrogen and oxygen atoms in total. The van der Waals surface area contributed by atoms with Gasteiger partial charge in [-0.15, -0.1) is 0 Å². The first kappa shape index (κ1) is 11.9. The van der Waals surface area contributed by atoms with Crippen molar-refractivity contribution in [2.75, 3.05) is 26.4 Å². The van der Waals surface area contributed by atoms with Gasteiger partial charge in [0.2, 0.25) is 0 Å². The van der Waals surface area contributed by atoms with Crippen LogP contribution in [-0.4, -0.2) is 37.4 Å². The standard InChI is InChI=1S/C11H21F2N/c1-9(2)14-5-4-11(3,8-13)10(6-12)7-14/h9-10H,4-8H2,1-3H3. The summed E-state index contributed by atoms with van der Waals surface area (Å²) in [6, 6.07) is 0.438. The van der Waals surface area contributed by atoms with Gasteiger partial charge in [0.05, 0.1) is 13.3 Å². The zero-order valence-electron chi connectivity index (χ0n) is 9.39. The van der Waals surface area contributed by atoms with Crippen LogP contribution in [0.15, 0.2) is 0 Å². The smallest absolute Gasteiger partial charge is 0.0952 e. The third kappa shape index (κ3) is 2.25. The van der Waals surface area contributed by atoms with Crippen LogP contribution in [0.4, 0.5) is 8.78 Å². The number of nitrogens with zero attached hydrogens (tertiary/aromatic N) is 1. The first-order valence-corrected chi connectivity index (χ1v) is 5.39. The van der Waals surface area contributed by atoms with Crippen molar-refractivity contribution >= 4 is 0 Å². The number of likely N-dealkylation sites (tertiary alicyclic amines) is 1. The summed E-state index contributed by atoms with van der Waals surface area (Å²) < 4.78 is 25.6. The predicted molar refractivity (Wildman–Crippen MR) is 54.9 cm³/mol. The van der Waals surface area contributed by atoms with E-state index in [1.54, 1.807) is 0 Å². The molecule has 1 fully saturated rings. The zero-order valence-corrected chi connectivity index (χ0v) is 9.39. The van der Waals surface area contributed by atoms with E-state index in [0.29, 0.717) is 12.6 Å². The molecule has 14 heavy (non-hydrogen) atoms. The lowest BCUT2D eigenvalue weighted by Crippen LogP contribution is -2.50. The number of alkyl halides is 2. The second-order valence-corrected chi connectivity index (χ2v) is 4.98. The van der Waals surface area contributed by atoms with Crippen LogP contribution in [0, 0.1) is 11.3 Å². The van der Waals surface area contributed by atoms with Crippen LogP contribution in [0.5, 0.6) is 0 Å². The number of hydrogen-bond acceptors (Lipinski definition) is 1. The maximum atomic E-state index is 12.8. The summed E-state index contributed by atoms with van der Waals surface area (Å²) in [7, 11) is 0. The Labute approximate surface area is 85.5 Å². The molecule has 0 aromatic carbocycles. The Hall–Kier alpha value is -0.180. The summed E-state index contributed by atoms with van der Waals surface area (Å²) in [6.07, 6.45) is 0.774. The van der Waals surface area contributed by atoms with Gasteiger partial charge in [0, 0.05) is 23.9 Å². The highest BCUT2D eigenvalue weighted by Crippen LogP contribution is 2.37. The average molecular weight is 205 g/mol. The van der Waals surface area contributed by atoms with Gasteiger partial charge in [-0.25, -0.2) is 0 Å². The molecule has 0 radical (unpaired) electrons. The Morgan fingerprint density at radius 3 is 2.50 bits per heavy atom. The second kappa shape index (κ2) is 4.56. The number of piperidine rings is 1. The van der Waals surface area contributed by atoms with Gasteiger partial charge in [-0.3, -0.25) is 8.78 Å². The van der Waals surface area contributed by atoms with Crippen LogP contribution in [0.25, 0.3) is 0 Å². The van der Waals surface area contributed by atoms with E-state index >= 15 is 0 Å². The molecule has 1 heterocycles. The Bertz CT molecular complexity index is 184. The molecular weight excluding hydrogens is 184 g/mol. The Morgan fingerprint density at radius 1 is 1.43 bits per heavy atom. The summed E-state index contributed by atoms with van der Waals surface area (Å²) in [5.41, 5.74) is -0.430. The van der Waals surface area contributed by atoms with Crippen molar-refractivity contribution in [3.63, 3.8) is 0 Å². The van der Waals surface area contributed by atoms with Crippen molar-refractivity contribution in [1.29, 1.82) is 0 Å². The Balaban J connectivity index is 2.64. The van der Waals surface area contributed by atoms with Crippen LogP contribution >= 0.6 is 0 Å². The molecule has 0 bridgehead atoms. The number of hydrogen-bond donors (Lipinski definition) is 0. The molecule has 0 saturated carbocycles. The first-order valence-electron chi connectivity index (χ1n) is 5.39. The number of rotatable bonds is 3. The van der Waals surface area contributed by atoms with Crippen LogP contribution in [0.2, 0.25) is 0 Å². The van der Waals surface area contributed by atoms with E-state index < -0.39 is 18.8 Å². The van der Waals surface area contributed by atoms with Crippen molar-refractivity contribution in [3.8, 4) is 0 Å². The molecule has 3 heteroatoms. The predicted octanol–water partition coefficient (Wildman–Crippen LogP) is 2.66.